The van der Waals surface area contributed by atoms with Crippen LogP contribution in [0.25, 0.3) is 0 Å². The van der Waals surface area contributed by atoms with Crippen LogP contribution in [-0.4, -0.2) is 25.2 Å². The highest BCUT2D eigenvalue weighted by molar-refractivity contribution is 5.77. The normalized spacial score (nSPS) is 19.2. The largest absolute Gasteiger partial charge is 0.462 e. The molecule has 4 nitrogen and oxygen atoms in total. The second-order valence-corrected chi connectivity index (χ2v) is 9.96. The lowest BCUT2D eigenvalue weighted by Crippen LogP contribution is -2.44. The number of rotatable bonds is 6. The first-order chi connectivity index (χ1) is 11.4. The third-order valence-corrected chi connectivity index (χ3v) is 5.49. The molecule has 0 aromatic carbocycles. The molecule has 25 heavy (non-hydrogen) atoms. The molecule has 146 valence electrons. The van der Waals surface area contributed by atoms with Gasteiger partial charge in [0.1, 0.15) is 13.2 Å². The maximum Gasteiger partial charge on any atom is 0.312 e. The molecular weight excluding hydrogens is 316 g/mol. The van der Waals surface area contributed by atoms with Crippen LogP contribution in [0.4, 0.5) is 0 Å². The maximum absolute atomic E-state index is 12.8. The molecule has 0 radical (unpaired) electrons. The lowest BCUT2D eigenvalue weighted by molar-refractivity contribution is -0.169. The fourth-order valence-corrected chi connectivity index (χ4v) is 3.60. The molecule has 0 spiro atoms. The van der Waals surface area contributed by atoms with Crippen molar-refractivity contribution < 1.29 is 19.1 Å². The first-order valence-corrected chi connectivity index (χ1v) is 9.71. The predicted octanol–water partition coefficient (Wildman–Crippen LogP) is 5.14. The molecule has 1 fully saturated rings. The Balaban J connectivity index is 2.50. The molecular formula is C21H38O4. The molecule has 0 N–H and O–H groups in total. The molecule has 0 amide bonds. The lowest BCUT2D eigenvalue weighted by atomic mass is 9.61. The molecule has 0 bridgehead atoms. The topological polar surface area (TPSA) is 52.6 Å². The van der Waals surface area contributed by atoms with Gasteiger partial charge in [0.05, 0.1) is 11.3 Å². The number of carbonyl (C=O) groups is 2. The van der Waals surface area contributed by atoms with Gasteiger partial charge in [0, 0.05) is 0 Å². The van der Waals surface area contributed by atoms with Crippen LogP contribution in [0.15, 0.2) is 0 Å². The highest BCUT2D eigenvalue weighted by Gasteiger charge is 2.47. The van der Waals surface area contributed by atoms with Crippen LogP contribution >= 0.6 is 0 Å². The molecule has 0 heterocycles. The average molecular weight is 355 g/mol. The summed E-state index contributed by atoms with van der Waals surface area (Å²) in [5.41, 5.74) is -0.775. The van der Waals surface area contributed by atoms with Gasteiger partial charge in [-0.3, -0.25) is 9.59 Å². The van der Waals surface area contributed by atoms with Gasteiger partial charge in [0.25, 0.3) is 0 Å². The molecule has 1 saturated carbocycles. The van der Waals surface area contributed by atoms with E-state index in [4.69, 9.17) is 9.47 Å². The zero-order valence-corrected chi connectivity index (χ0v) is 17.4. The minimum Gasteiger partial charge on any atom is -0.462 e. The van der Waals surface area contributed by atoms with Crippen LogP contribution in [-0.2, 0) is 19.1 Å². The zero-order chi connectivity index (χ0) is 19.3. The van der Waals surface area contributed by atoms with E-state index >= 15 is 0 Å². The molecule has 0 aromatic heterocycles. The third kappa shape index (κ3) is 6.63. The zero-order valence-electron chi connectivity index (χ0n) is 17.4. The lowest BCUT2D eigenvalue weighted by Gasteiger charge is -2.43. The van der Waals surface area contributed by atoms with Crippen LogP contribution in [0.1, 0.15) is 87.0 Å². The fraction of sp³-hybridized carbons (Fsp3) is 0.905. The Hall–Kier alpha value is -1.06. The average Bonchev–Trinajstić information content (AvgIpc) is 2.49. The Morgan fingerprint density at radius 1 is 0.840 bits per heavy atom. The molecule has 0 aliphatic heterocycles. The fourth-order valence-electron chi connectivity index (χ4n) is 3.60. The summed E-state index contributed by atoms with van der Waals surface area (Å²) >= 11 is 0. The van der Waals surface area contributed by atoms with Crippen molar-refractivity contribution in [3.05, 3.63) is 0 Å². The van der Waals surface area contributed by atoms with Gasteiger partial charge in [-0.2, -0.15) is 0 Å². The molecule has 0 saturated heterocycles. The van der Waals surface area contributed by atoms with E-state index in [1.54, 1.807) is 0 Å². The standard InChI is InChI=1S/C21H38O4/c1-19(2,3)15-21(7,20(4,5)6)18(23)25-14-13-24-17(22)16-11-9-8-10-12-16/h16H,8-15H2,1-7H3. The van der Waals surface area contributed by atoms with Gasteiger partial charge >= 0.3 is 11.9 Å². The van der Waals surface area contributed by atoms with Crippen LogP contribution in [0, 0.1) is 22.2 Å². The van der Waals surface area contributed by atoms with E-state index < -0.39 is 5.41 Å². The van der Waals surface area contributed by atoms with E-state index in [0.717, 1.165) is 32.1 Å². The van der Waals surface area contributed by atoms with Crippen LogP contribution in [0.5, 0.6) is 0 Å². The monoisotopic (exact) mass is 354 g/mol. The number of ether oxygens (including phenoxy) is 2. The third-order valence-electron chi connectivity index (χ3n) is 5.49. The highest BCUT2D eigenvalue weighted by atomic mass is 16.6. The second-order valence-electron chi connectivity index (χ2n) is 9.96. The van der Waals surface area contributed by atoms with Crippen molar-refractivity contribution in [3.63, 3.8) is 0 Å². The molecule has 1 rings (SSSR count). The van der Waals surface area contributed by atoms with Crippen LogP contribution < -0.4 is 0 Å². The SMILES string of the molecule is CC(C)(C)CC(C)(C(=O)OCCOC(=O)C1CCCCC1)C(C)(C)C. The van der Waals surface area contributed by atoms with E-state index in [2.05, 4.69) is 41.5 Å². The number of carbonyl (C=O) groups excluding carboxylic acids is 2. The van der Waals surface area contributed by atoms with Crippen molar-refractivity contribution in [3.8, 4) is 0 Å². The minimum absolute atomic E-state index is 0.0223. The summed E-state index contributed by atoms with van der Waals surface area (Å²) in [5, 5.41) is 0. The quantitative estimate of drug-likeness (QED) is 0.489. The van der Waals surface area contributed by atoms with Crippen molar-refractivity contribution in [1.29, 1.82) is 0 Å². The summed E-state index contributed by atoms with van der Waals surface area (Å²) < 4.78 is 10.8. The molecule has 1 aliphatic rings. The van der Waals surface area contributed by atoms with E-state index in [-0.39, 0.29) is 41.9 Å². The van der Waals surface area contributed by atoms with Gasteiger partial charge in [-0.25, -0.2) is 0 Å². The number of hydrogen-bond acceptors (Lipinski definition) is 4. The minimum atomic E-state index is -0.585. The highest BCUT2D eigenvalue weighted by Crippen LogP contribution is 2.47. The van der Waals surface area contributed by atoms with E-state index in [1.165, 1.54) is 6.42 Å². The molecule has 1 atom stereocenters. The maximum atomic E-state index is 12.8. The Kier molecular flexibility index (Phi) is 7.52. The van der Waals surface area contributed by atoms with Gasteiger partial charge < -0.3 is 9.47 Å². The van der Waals surface area contributed by atoms with Crippen molar-refractivity contribution in [2.24, 2.45) is 22.2 Å². The summed E-state index contributed by atoms with van der Waals surface area (Å²) in [6.07, 6.45) is 6.00. The summed E-state index contributed by atoms with van der Waals surface area (Å²) in [5.74, 6) is -0.308. The molecule has 1 aliphatic carbocycles. The molecule has 4 heteroatoms. The number of hydrogen-bond donors (Lipinski definition) is 0. The first kappa shape index (κ1) is 22.0. The second kappa shape index (κ2) is 8.55. The van der Waals surface area contributed by atoms with Gasteiger partial charge in [-0.15, -0.1) is 0 Å². The Morgan fingerprint density at radius 3 is 1.84 bits per heavy atom. The van der Waals surface area contributed by atoms with Gasteiger partial charge in [-0.05, 0) is 37.0 Å². The van der Waals surface area contributed by atoms with Crippen molar-refractivity contribution in [2.75, 3.05) is 13.2 Å². The predicted molar refractivity (Wildman–Crippen MR) is 100 cm³/mol. The first-order valence-electron chi connectivity index (χ1n) is 9.71. The summed E-state index contributed by atoms with van der Waals surface area (Å²) in [6, 6.07) is 0. The Labute approximate surface area is 154 Å². The van der Waals surface area contributed by atoms with Crippen molar-refractivity contribution in [2.45, 2.75) is 87.0 Å². The summed E-state index contributed by atoms with van der Waals surface area (Å²) in [6.45, 7) is 14.9. The van der Waals surface area contributed by atoms with Crippen LogP contribution in [0.3, 0.4) is 0 Å². The van der Waals surface area contributed by atoms with E-state index in [1.807, 2.05) is 6.92 Å². The van der Waals surface area contributed by atoms with Crippen molar-refractivity contribution >= 4 is 11.9 Å². The Morgan fingerprint density at radius 2 is 1.36 bits per heavy atom. The smallest absolute Gasteiger partial charge is 0.312 e. The van der Waals surface area contributed by atoms with Crippen LogP contribution in [0.2, 0.25) is 0 Å². The number of esters is 2. The Bertz CT molecular complexity index is 449. The van der Waals surface area contributed by atoms with Crippen molar-refractivity contribution in [1.82, 2.24) is 0 Å². The summed E-state index contributed by atoms with van der Waals surface area (Å²) in [4.78, 5) is 24.8. The van der Waals surface area contributed by atoms with Gasteiger partial charge in [0.15, 0.2) is 0 Å². The molecule has 0 aromatic rings. The van der Waals surface area contributed by atoms with E-state index in [0.29, 0.717) is 0 Å². The van der Waals surface area contributed by atoms with Gasteiger partial charge in [0.2, 0.25) is 0 Å². The summed E-state index contributed by atoms with van der Waals surface area (Å²) in [7, 11) is 0. The molecule has 1 unspecified atom stereocenters. The van der Waals surface area contributed by atoms with Gasteiger partial charge in [-0.1, -0.05) is 60.8 Å². The van der Waals surface area contributed by atoms with E-state index in [9.17, 15) is 9.59 Å².